The Balaban J connectivity index is 0.00000300. The number of hydrogen-bond acceptors (Lipinski definition) is 4. The number of alkyl halides is 2. The molecule has 1 aromatic heterocycles. The van der Waals surface area contributed by atoms with E-state index in [1.807, 2.05) is 12.1 Å². The highest BCUT2D eigenvalue weighted by Crippen LogP contribution is 2.29. The van der Waals surface area contributed by atoms with Gasteiger partial charge >= 0.3 is 6.61 Å². The van der Waals surface area contributed by atoms with Gasteiger partial charge in [-0.25, -0.2) is 4.98 Å². The van der Waals surface area contributed by atoms with Crippen LogP contribution >= 0.6 is 24.0 Å². The third-order valence-corrected chi connectivity index (χ3v) is 4.28. The van der Waals surface area contributed by atoms with Crippen molar-refractivity contribution in [2.24, 2.45) is 10.9 Å². The van der Waals surface area contributed by atoms with Gasteiger partial charge in [-0.3, -0.25) is 4.99 Å². The smallest absolute Gasteiger partial charge is 0.387 e. The maximum absolute atomic E-state index is 12.5. The summed E-state index contributed by atoms with van der Waals surface area (Å²) in [7, 11) is 1.65. The van der Waals surface area contributed by atoms with Crippen molar-refractivity contribution in [1.29, 1.82) is 0 Å². The lowest BCUT2D eigenvalue weighted by atomic mass is 10.2. The maximum atomic E-state index is 12.5. The van der Waals surface area contributed by atoms with Crippen LogP contribution in [0, 0.1) is 5.92 Å². The number of pyridine rings is 1. The topological polar surface area (TPSA) is 67.8 Å². The molecule has 158 valence electrons. The summed E-state index contributed by atoms with van der Waals surface area (Å²) in [6, 6.07) is 10.5. The van der Waals surface area contributed by atoms with Gasteiger partial charge in [-0.1, -0.05) is 18.2 Å². The van der Waals surface area contributed by atoms with E-state index in [2.05, 4.69) is 25.3 Å². The zero-order valence-electron chi connectivity index (χ0n) is 16.1. The summed E-state index contributed by atoms with van der Waals surface area (Å²) in [5, 5.41) is 6.29. The molecule has 0 saturated heterocycles. The number of aromatic nitrogens is 1. The van der Waals surface area contributed by atoms with Gasteiger partial charge in [-0.15, -0.1) is 24.0 Å². The lowest BCUT2D eigenvalue weighted by Crippen LogP contribution is -2.36. The largest absolute Gasteiger partial charge is 0.477 e. The van der Waals surface area contributed by atoms with Crippen LogP contribution in [0.2, 0.25) is 0 Å². The first-order chi connectivity index (χ1) is 13.6. The Morgan fingerprint density at radius 1 is 1.21 bits per heavy atom. The van der Waals surface area contributed by atoms with Gasteiger partial charge in [0.2, 0.25) is 5.88 Å². The second kappa shape index (κ2) is 11.7. The van der Waals surface area contributed by atoms with Crippen LogP contribution < -0.4 is 20.1 Å². The van der Waals surface area contributed by atoms with E-state index in [0.29, 0.717) is 43.0 Å². The first kappa shape index (κ1) is 23.1. The Labute approximate surface area is 186 Å². The molecule has 0 bridgehead atoms. The molecule has 0 atom stereocenters. The molecule has 1 fully saturated rings. The molecule has 29 heavy (non-hydrogen) atoms. The second-order valence-electron chi connectivity index (χ2n) is 6.52. The van der Waals surface area contributed by atoms with Crippen LogP contribution in [-0.2, 0) is 13.1 Å². The Morgan fingerprint density at radius 2 is 1.97 bits per heavy atom. The van der Waals surface area contributed by atoms with E-state index >= 15 is 0 Å². The summed E-state index contributed by atoms with van der Waals surface area (Å²) in [6.45, 7) is -1.32. The summed E-state index contributed by atoms with van der Waals surface area (Å²) in [4.78, 5) is 8.38. The molecule has 1 aromatic carbocycles. The number of rotatable bonds is 9. The normalized spacial score (nSPS) is 13.6. The van der Waals surface area contributed by atoms with Crippen LogP contribution in [-0.4, -0.2) is 31.2 Å². The van der Waals surface area contributed by atoms with Crippen LogP contribution in [0.1, 0.15) is 24.0 Å². The summed E-state index contributed by atoms with van der Waals surface area (Å²) in [5.41, 5.74) is 1.62. The second-order valence-corrected chi connectivity index (χ2v) is 6.52. The van der Waals surface area contributed by atoms with E-state index in [1.165, 1.54) is 18.9 Å². The quantitative estimate of drug-likeness (QED) is 0.299. The summed E-state index contributed by atoms with van der Waals surface area (Å²) in [5.74, 6) is 1.98. The molecule has 6 nitrogen and oxygen atoms in total. The highest BCUT2D eigenvalue weighted by Gasteiger charge is 2.22. The Morgan fingerprint density at radius 3 is 2.69 bits per heavy atom. The molecule has 1 saturated carbocycles. The van der Waals surface area contributed by atoms with E-state index in [0.717, 1.165) is 5.56 Å². The number of ether oxygens (including phenoxy) is 2. The van der Waals surface area contributed by atoms with Gasteiger partial charge in [0.1, 0.15) is 5.75 Å². The fourth-order valence-corrected chi connectivity index (χ4v) is 2.57. The Bertz CT molecular complexity index is 804. The molecule has 1 aliphatic rings. The van der Waals surface area contributed by atoms with E-state index < -0.39 is 6.61 Å². The molecule has 1 heterocycles. The van der Waals surface area contributed by atoms with Gasteiger partial charge in [0.05, 0.1) is 6.61 Å². The van der Waals surface area contributed by atoms with Crippen molar-refractivity contribution in [3.05, 3.63) is 53.7 Å². The highest BCUT2D eigenvalue weighted by atomic mass is 127. The summed E-state index contributed by atoms with van der Waals surface area (Å²) >= 11 is 0. The van der Waals surface area contributed by atoms with Gasteiger partial charge in [-0.05, 0) is 36.5 Å². The zero-order valence-corrected chi connectivity index (χ0v) is 18.4. The van der Waals surface area contributed by atoms with Crippen molar-refractivity contribution >= 4 is 29.9 Å². The number of nitrogens with one attached hydrogen (secondary N) is 2. The van der Waals surface area contributed by atoms with E-state index in [4.69, 9.17) is 4.74 Å². The minimum atomic E-state index is -2.86. The number of benzene rings is 1. The molecular weight excluding hydrogens is 493 g/mol. The van der Waals surface area contributed by atoms with Gasteiger partial charge in [0.15, 0.2) is 5.96 Å². The molecule has 2 aromatic rings. The van der Waals surface area contributed by atoms with Crippen molar-refractivity contribution in [1.82, 2.24) is 15.6 Å². The maximum Gasteiger partial charge on any atom is 0.387 e. The molecule has 0 aliphatic heterocycles. The average molecular weight is 518 g/mol. The van der Waals surface area contributed by atoms with Crippen molar-refractivity contribution in [2.75, 3.05) is 13.7 Å². The van der Waals surface area contributed by atoms with Crippen molar-refractivity contribution in [2.45, 2.75) is 32.5 Å². The number of nitrogens with zero attached hydrogens (tertiary/aromatic N) is 2. The lowest BCUT2D eigenvalue weighted by Gasteiger charge is -2.14. The van der Waals surface area contributed by atoms with Gasteiger partial charge in [0.25, 0.3) is 0 Å². The molecular formula is C20H25F2IN4O2. The highest BCUT2D eigenvalue weighted by molar-refractivity contribution is 14.0. The first-order valence-electron chi connectivity index (χ1n) is 9.19. The summed E-state index contributed by atoms with van der Waals surface area (Å²) in [6.07, 6.45) is 4.18. The predicted molar refractivity (Wildman–Crippen MR) is 118 cm³/mol. The molecule has 0 spiro atoms. The first-order valence-corrected chi connectivity index (χ1v) is 9.19. The van der Waals surface area contributed by atoms with E-state index in [1.54, 1.807) is 31.4 Å². The van der Waals surface area contributed by atoms with E-state index in [-0.39, 0.29) is 29.7 Å². The molecule has 3 rings (SSSR count). The molecule has 0 unspecified atom stereocenters. The minimum absolute atomic E-state index is 0. The molecule has 0 amide bonds. The number of para-hydroxylation sites is 1. The van der Waals surface area contributed by atoms with Crippen LogP contribution in [0.15, 0.2) is 47.6 Å². The van der Waals surface area contributed by atoms with Crippen molar-refractivity contribution < 1.29 is 18.3 Å². The Hall–Kier alpha value is -2.17. The standard InChI is InChI=1S/C20H24F2N4O2.HI/c1-23-20(26-12-16-4-2-3-5-17(16)28-19(21)22)25-11-15-8-9-24-18(10-15)27-13-14-6-7-14;/h2-5,8-10,14,19H,6-7,11-13H2,1H3,(H2,23,25,26);1H. The van der Waals surface area contributed by atoms with Gasteiger partial charge in [-0.2, -0.15) is 8.78 Å². The SMILES string of the molecule is CN=C(NCc1ccnc(OCC2CC2)c1)NCc1ccccc1OC(F)F.I. The summed E-state index contributed by atoms with van der Waals surface area (Å²) < 4.78 is 35.3. The monoisotopic (exact) mass is 518 g/mol. The minimum Gasteiger partial charge on any atom is -0.477 e. The van der Waals surface area contributed by atoms with Crippen molar-refractivity contribution in [3.8, 4) is 11.6 Å². The molecule has 9 heteroatoms. The van der Waals surface area contributed by atoms with Crippen LogP contribution in [0.3, 0.4) is 0 Å². The van der Waals surface area contributed by atoms with Crippen LogP contribution in [0.5, 0.6) is 11.6 Å². The number of halogens is 3. The predicted octanol–water partition coefficient (Wildman–Crippen LogP) is 3.96. The molecule has 0 radical (unpaired) electrons. The van der Waals surface area contributed by atoms with Crippen LogP contribution in [0.4, 0.5) is 8.78 Å². The number of guanidine groups is 1. The number of aliphatic imine (C=N–C) groups is 1. The molecule has 1 aliphatic carbocycles. The van der Waals surface area contributed by atoms with E-state index in [9.17, 15) is 8.78 Å². The number of hydrogen-bond donors (Lipinski definition) is 2. The fourth-order valence-electron chi connectivity index (χ4n) is 2.57. The molecule has 2 N–H and O–H groups in total. The fraction of sp³-hybridized carbons (Fsp3) is 0.400. The lowest BCUT2D eigenvalue weighted by molar-refractivity contribution is -0.0504. The average Bonchev–Trinajstić information content (AvgIpc) is 3.52. The van der Waals surface area contributed by atoms with Crippen molar-refractivity contribution in [3.63, 3.8) is 0 Å². The van der Waals surface area contributed by atoms with Crippen LogP contribution in [0.25, 0.3) is 0 Å². The third-order valence-electron chi connectivity index (χ3n) is 4.28. The van der Waals surface area contributed by atoms with Gasteiger partial charge in [0, 0.05) is 38.0 Å². The zero-order chi connectivity index (χ0) is 19.8. The van der Waals surface area contributed by atoms with Gasteiger partial charge < -0.3 is 20.1 Å². The third kappa shape index (κ3) is 8.00. The Kier molecular flexibility index (Phi) is 9.36.